The van der Waals surface area contributed by atoms with Gasteiger partial charge in [-0.1, -0.05) is 36.4 Å². The third-order valence-corrected chi connectivity index (χ3v) is 6.30. The number of benzene rings is 2. The Morgan fingerprint density at radius 3 is 2.57 bits per heavy atom. The lowest BCUT2D eigenvalue weighted by Crippen LogP contribution is -2.36. The molecule has 1 aliphatic heterocycles. The maximum Gasteiger partial charge on any atom is 0.251 e. The van der Waals surface area contributed by atoms with E-state index in [1.807, 2.05) is 18.2 Å². The first-order chi connectivity index (χ1) is 14.5. The Labute approximate surface area is 177 Å². The molecule has 0 radical (unpaired) electrons. The van der Waals surface area contributed by atoms with E-state index in [-0.39, 0.29) is 17.3 Å². The van der Waals surface area contributed by atoms with Gasteiger partial charge in [0.15, 0.2) is 0 Å². The van der Waals surface area contributed by atoms with Crippen LogP contribution in [0.15, 0.2) is 66.1 Å². The fraction of sp³-hybridized carbons (Fsp3) is 0.318. The summed E-state index contributed by atoms with van der Waals surface area (Å²) in [6, 6.07) is 14.0. The van der Waals surface area contributed by atoms with Crippen LogP contribution < -0.4 is 10.0 Å². The Kier molecular flexibility index (Phi) is 7.75. The van der Waals surface area contributed by atoms with Crippen molar-refractivity contribution >= 4 is 15.9 Å². The van der Waals surface area contributed by atoms with Crippen LogP contribution in [0, 0.1) is 0 Å². The first-order valence-corrected chi connectivity index (χ1v) is 11.3. The Morgan fingerprint density at radius 1 is 1.10 bits per heavy atom. The number of hydrogen-bond donors (Lipinski definition) is 2. The van der Waals surface area contributed by atoms with E-state index in [0.717, 1.165) is 44.0 Å². The standard InChI is InChI=1S/C22H27N3O4S/c1-2-10-24-30(27,28)21-9-5-8-18(15-21)22(26)23-16-19-6-3-4-7-20(19)17-25-11-13-29-14-12-25/h2-9,15,24H,1,10-14,16-17H2,(H,23,26). The summed E-state index contributed by atoms with van der Waals surface area (Å²) >= 11 is 0. The van der Waals surface area contributed by atoms with Gasteiger partial charge < -0.3 is 10.1 Å². The Bertz CT molecular complexity index is 985. The molecule has 2 aromatic carbocycles. The summed E-state index contributed by atoms with van der Waals surface area (Å²) in [5.41, 5.74) is 2.49. The zero-order valence-electron chi connectivity index (χ0n) is 16.8. The highest BCUT2D eigenvalue weighted by Gasteiger charge is 2.16. The SMILES string of the molecule is C=CCNS(=O)(=O)c1cccc(C(=O)NCc2ccccc2CN2CCOCC2)c1. The predicted octanol–water partition coefficient (Wildman–Crippen LogP) is 1.91. The number of rotatable bonds is 9. The summed E-state index contributed by atoms with van der Waals surface area (Å²) in [7, 11) is -3.69. The molecule has 0 aromatic heterocycles. The molecular weight excluding hydrogens is 402 g/mol. The minimum absolute atomic E-state index is 0.0460. The van der Waals surface area contributed by atoms with Gasteiger partial charge in [-0.25, -0.2) is 13.1 Å². The molecule has 2 aromatic rings. The smallest absolute Gasteiger partial charge is 0.251 e. The molecule has 7 nitrogen and oxygen atoms in total. The summed E-state index contributed by atoms with van der Waals surface area (Å²) < 4.78 is 32.4. The summed E-state index contributed by atoms with van der Waals surface area (Å²) in [4.78, 5) is 15.0. The zero-order chi connectivity index (χ0) is 21.4. The number of sulfonamides is 1. The third kappa shape index (κ3) is 5.99. The molecule has 0 atom stereocenters. The van der Waals surface area contributed by atoms with Crippen molar-refractivity contribution in [3.63, 3.8) is 0 Å². The normalized spacial score (nSPS) is 14.9. The molecule has 1 aliphatic rings. The molecular formula is C22H27N3O4S. The fourth-order valence-corrected chi connectivity index (χ4v) is 4.26. The average molecular weight is 430 g/mol. The highest BCUT2D eigenvalue weighted by molar-refractivity contribution is 7.89. The molecule has 2 N–H and O–H groups in total. The van der Waals surface area contributed by atoms with E-state index >= 15 is 0 Å². The number of nitrogens with one attached hydrogen (secondary N) is 2. The third-order valence-electron chi connectivity index (χ3n) is 4.88. The van der Waals surface area contributed by atoms with Gasteiger partial charge in [-0.05, 0) is 29.3 Å². The van der Waals surface area contributed by atoms with E-state index in [1.165, 1.54) is 18.2 Å². The van der Waals surface area contributed by atoms with Crippen LogP contribution in [0.4, 0.5) is 0 Å². The number of nitrogens with zero attached hydrogens (tertiary/aromatic N) is 1. The van der Waals surface area contributed by atoms with Crippen LogP contribution in [0.1, 0.15) is 21.5 Å². The number of hydrogen-bond acceptors (Lipinski definition) is 5. The van der Waals surface area contributed by atoms with Gasteiger partial charge in [0.2, 0.25) is 10.0 Å². The van der Waals surface area contributed by atoms with Crippen molar-refractivity contribution < 1.29 is 17.9 Å². The predicted molar refractivity (Wildman–Crippen MR) is 116 cm³/mol. The zero-order valence-corrected chi connectivity index (χ0v) is 17.7. The molecule has 1 saturated heterocycles. The Morgan fingerprint density at radius 2 is 1.83 bits per heavy atom. The van der Waals surface area contributed by atoms with Crippen LogP contribution in [0.3, 0.4) is 0 Å². The molecule has 1 heterocycles. The lowest BCUT2D eigenvalue weighted by Gasteiger charge is -2.27. The van der Waals surface area contributed by atoms with E-state index in [0.29, 0.717) is 12.1 Å². The van der Waals surface area contributed by atoms with E-state index < -0.39 is 10.0 Å². The van der Waals surface area contributed by atoms with Crippen molar-refractivity contribution in [3.8, 4) is 0 Å². The number of morpholine rings is 1. The van der Waals surface area contributed by atoms with Crippen molar-refractivity contribution in [1.82, 2.24) is 14.9 Å². The largest absolute Gasteiger partial charge is 0.379 e. The van der Waals surface area contributed by atoms with Crippen LogP contribution in [-0.2, 0) is 27.8 Å². The Hall–Kier alpha value is -2.52. The second kappa shape index (κ2) is 10.5. The van der Waals surface area contributed by atoms with Gasteiger partial charge in [-0.2, -0.15) is 0 Å². The molecule has 0 unspecified atom stereocenters. The lowest BCUT2D eigenvalue weighted by molar-refractivity contribution is 0.0340. The number of ether oxygens (including phenoxy) is 1. The van der Waals surface area contributed by atoms with Gasteiger partial charge in [-0.15, -0.1) is 6.58 Å². The van der Waals surface area contributed by atoms with Crippen LogP contribution in [0.25, 0.3) is 0 Å². The molecule has 0 bridgehead atoms. The first kappa shape index (κ1) is 22.2. The van der Waals surface area contributed by atoms with Gasteiger partial charge in [0.25, 0.3) is 5.91 Å². The van der Waals surface area contributed by atoms with Crippen LogP contribution in [0.5, 0.6) is 0 Å². The van der Waals surface area contributed by atoms with Gasteiger partial charge in [0.1, 0.15) is 0 Å². The molecule has 0 saturated carbocycles. The van der Waals surface area contributed by atoms with Crippen LogP contribution in [0.2, 0.25) is 0 Å². The quantitative estimate of drug-likeness (QED) is 0.595. The highest BCUT2D eigenvalue weighted by Crippen LogP contribution is 2.15. The molecule has 8 heteroatoms. The van der Waals surface area contributed by atoms with Crippen molar-refractivity contribution in [2.75, 3.05) is 32.8 Å². The average Bonchev–Trinajstić information content (AvgIpc) is 2.78. The monoisotopic (exact) mass is 429 g/mol. The first-order valence-electron chi connectivity index (χ1n) is 9.85. The fourth-order valence-electron chi connectivity index (χ4n) is 3.22. The van der Waals surface area contributed by atoms with E-state index in [4.69, 9.17) is 4.74 Å². The molecule has 1 amide bonds. The number of carbonyl (C=O) groups is 1. The molecule has 3 rings (SSSR count). The molecule has 0 spiro atoms. The minimum atomic E-state index is -3.69. The second-order valence-electron chi connectivity index (χ2n) is 7.01. The number of amides is 1. The highest BCUT2D eigenvalue weighted by atomic mass is 32.2. The van der Waals surface area contributed by atoms with Crippen LogP contribution >= 0.6 is 0 Å². The lowest BCUT2D eigenvalue weighted by atomic mass is 10.1. The molecule has 1 fully saturated rings. The van der Waals surface area contributed by atoms with Crippen molar-refractivity contribution in [1.29, 1.82) is 0 Å². The summed E-state index contributed by atoms with van der Waals surface area (Å²) in [6.07, 6.45) is 1.46. The van der Waals surface area contributed by atoms with Gasteiger partial charge >= 0.3 is 0 Å². The summed E-state index contributed by atoms with van der Waals surface area (Å²) in [6.45, 7) is 8.05. The van der Waals surface area contributed by atoms with Gasteiger partial charge in [0.05, 0.1) is 18.1 Å². The van der Waals surface area contributed by atoms with E-state index in [9.17, 15) is 13.2 Å². The molecule has 0 aliphatic carbocycles. The molecule has 160 valence electrons. The Balaban J connectivity index is 1.66. The topological polar surface area (TPSA) is 87.7 Å². The van der Waals surface area contributed by atoms with E-state index in [1.54, 1.807) is 12.1 Å². The van der Waals surface area contributed by atoms with Crippen molar-refractivity contribution in [3.05, 3.63) is 77.9 Å². The van der Waals surface area contributed by atoms with Gasteiger partial charge in [0, 0.05) is 38.3 Å². The minimum Gasteiger partial charge on any atom is -0.379 e. The maximum absolute atomic E-state index is 12.6. The van der Waals surface area contributed by atoms with Gasteiger partial charge in [-0.3, -0.25) is 9.69 Å². The maximum atomic E-state index is 12.6. The van der Waals surface area contributed by atoms with E-state index in [2.05, 4.69) is 27.6 Å². The number of carbonyl (C=O) groups excluding carboxylic acids is 1. The molecule has 30 heavy (non-hydrogen) atoms. The summed E-state index contributed by atoms with van der Waals surface area (Å²) in [5, 5.41) is 2.90. The van der Waals surface area contributed by atoms with Crippen LogP contribution in [-0.4, -0.2) is 52.1 Å². The van der Waals surface area contributed by atoms with Crippen molar-refractivity contribution in [2.45, 2.75) is 18.0 Å². The summed E-state index contributed by atoms with van der Waals surface area (Å²) in [5.74, 6) is -0.322. The second-order valence-corrected chi connectivity index (χ2v) is 8.78. The van der Waals surface area contributed by atoms with Crippen molar-refractivity contribution in [2.24, 2.45) is 0 Å².